The Morgan fingerprint density at radius 3 is 2.52 bits per heavy atom. The maximum Gasteiger partial charge on any atom is 0.313 e. The Morgan fingerprint density at radius 1 is 0.960 bits per heavy atom. The molecule has 0 bridgehead atoms. The number of carbonyl (C=O) groups is 3. The second-order valence-electron chi connectivity index (χ2n) is 5.44. The van der Waals surface area contributed by atoms with Crippen molar-refractivity contribution in [3.8, 4) is 0 Å². The topological polar surface area (TPSA) is 100 Å². The van der Waals surface area contributed by atoms with Crippen LogP contribution in [0.1, 0.15) is 6.42 Å². The van der Waals surface area contributed by atoms with Gasteiger partial charge < -0.3 is 20.4 Å². The maximum atomic E-state index is 11.9. The number of furan rings is 1. The third-order valence-corrected chi connectivity index (χ3v) is 3.76. The van der Waals surface area contributed by atoms with Crippen molar-refractivity contribution in [1.29, 1.82) is 0 Å². The minimum atomic E-state index is -0.799. The van der Waals surface area contributed by atoms with Gasteiger partial charge in [-0.2, -0.15) is 0 Å². The molecule has 0 radical (unpaired) electrons. The van der Waals surface area contributed by atoms with Crippen LogP contribution < -0.4 is 16.0 Å². The third kappa shape index (κ3) is 3.60. The fraction of sp³-hybridized carbons (Fsp3) is 0.167. The minimum Gasteiger partial charge on any atom is -0.456 e. The summed E-state index contributed by atoms with van der Waals surface area (Å²) >= 11 is 0. The van der Waals surface area contributed by atoms with E-state index in [0.29, 0.717) is 11.3 Å². The first-order valence-electron chi connectivity index (χ1n) is 7.79. The van der Waals surface area contributed by atoms with Crippen LogP contribution in [0.3, 0.4) is 0 Å². The predicted molar refractivity (Wildman–Crippen MR) is 94.0 cm³/mol. The summed E-state index contributed by atoms with van der Waals surface area (Å²) in [6, 6.07) is 12.9. The van der Waals surface area contributed by atoms with Crippen molar-refractivity contribution >= 4 is 45.3 Å². The van der Waals surface area contributed by atoms with Gasteiger partial charge in [0.15, 0.2) is 0 Å². The molecule has 3 amide bonds. The molecule has 0 aliphatic carbocycles. The molecule has 0 atom stereocenters. The van der Waals surface area contributed by atoms with Gasteiger partial charge in [0.2, 0.25) is 5.91 Å². The number of nitrogens with one attached hydrogen (secondary N) is 3. The van der Waals surface area contributed by atoms with Gasteiger partial charge in [0.05, 0.1) is 0 Å². The fourth-order valence-electron chi connectivity index (χ4n) is 2.49. The highest BCUT2D eigenvalue weighted by atomic mass is 16.3. The zero-order valence-electron chi connectivity index (χ0n) is 13.6. The highest BCUT2D eigenvalue weighted by Gasteiger charge is 2.15. The molecule has 0 aliphatic heterocycles. The average Bonchev–Trinajstić information content (AvgIpc) is 2.99. The van der Waals surface area contributed by atoms with E-state index in [9.17, 15) is 14.4 Å². The smallest absolute Gasteiger partial charge is 0.313 e. The average molecular weight is 339 g/mol. The summed E-state index contributed by atoms with van der Waals surface area (Å²) in [5.41, 5.74) is 1.84. The molecule has 7 heteroatoms. The number of benzene rings is 2. The summed E-state index contributed by atoms with van der Waals surface area (Å²) in [5, 5.41) is 9.27. The van der Waals surface area contributed by atoms with E-state index < -0.39 is 11.8 Å². The lowest BCUT2D eigenvalue weighted by molar-refractivity contribution is -0.136. The molecule has 0 aliphatic rings. The van der Waals surface area contributed by atoms with E-state index in [0.717, 1.165) is 16.4 Å². The van der Waals surface area contributed by atoms with E-state index >= 15 is 0 Å². The molecule has 0 spiro atoms. The molecule has 0 saturated heterocycles. The predicted octanol–water partition coefficient (Wildman–Crippen LogP) is 1.78. The van der Waals surface area contributed by atoms with Crippen molar-refractivity contribution in [3.05, 3.63) is 42.5 Å². The van der Waals surface area contributed by atoms with Crippen LogP contribution in [0.5, 0.6) is 0 Å². The van der Waals surface area contributed by atoms with Crippen molar-refractivity contribution in [1.82, 2.24) is 10.6 Å². The molecule has 1 heterocycles. The Kier molecular flexibility index (Phi) is 4.65. The first kappa shape index (κ1) is 16.5. The lowest BCUT2D eigenvalue weighted by atomic mass is 10.1. The van der Waals surface area contributed by atoms with Crippen LogP contribution in [0.2, 0.25) is 0 Å². The highest BCUT2D eigenvalue weighted by Crippen LogP contribution is 2.30. The van der Waals surface area contributed by atoms with Crippen LogP contribution in [0.25, 0.3) is 21.9 Å². The summed E-state index contributed by atoms with van der Waals surface area (Å²) in [4.78, 5) is 34.7. The second-order valence-corrected chi connectivity index (χ2v) is 5.44. The molecule has 0 saturated carbocycles. The summed E-state index contributed by atoms with van der Waals surface area (Å²) in [5.74, 6) is -1.81. The molecule has 0 fully saturated rings. The SMILES string of the molecule is CNC(=O)CCNC(=O)C(=O)Nc1ccc2c(c1)oc1ccccc12. The Bertz CT molecular complexity index is 961. The van der Waals surface area contributed by atoms with Crippen LogP contribution in [-0.4, -0.2) is 31.3 Å². The summed E-state index contributed by atoms with van der Waals surface area (Å²) in [6.07, 6.45) is 0.112. The van der Waals surface area contributed by atoms with Crippen LogP contribution >= 0.6 is 0 Å². The molecular weight excluding hydrogens is 322 g/mol. The lowest BCUT2D eigenvalue weighted by Gasteiger charge is -2.06. The minimum absolute atomic E-state index is 0.0918. The van der Waals surface area contributed by atoms with Gasteiger partial charge in [-0.15, -0.1) is 0 Å². The van der Waals surface area contributed by atoms with Crippen molar-refractivity contribution in [3.63, 3.8) is 0 Å². The van der Waals surface area contributed by atoms with Gasteiger partial charge >= 0.3 is 11.8 Å². The van der Waals surface area contributed by atoms with Crippen molar-refractivity contribution < 1.29 is 18.8 Å². The van der Waals surface area contributed by atoms with E-state index in [4.69, 9.17) is 4.42 Å². The number of para-hydroxylation sites is 1. The maximum absolute atomic E-state index is 11.9. The van der Waals surface area contributed by atoms with Gasteiger partial charge in [-0.25, -0.2) is 0 Å². The van der Waals surface area contributed by atoms with Crippen LogP contribution in [-0.2, 0) is 14.4 Å². The quantitative estimate of drug-likeness (QED) is 0.631. The molecule has 3 N–H and O–H groups in total. The monoisotopic (exact) mass is 339 g/mol. The number of hydrogen-bond donors (Lipinski definition) is 3. The van der Waals surface area contributed by atoms with E-state index in [-0.39, 0.29) is 18.9 Å². The number of rotatable bonds is 4. The molecule has 1 aromatic heterocycles. The second kappa shape index (κ2) is 7.04. The molecule has 2 aromatic carbocycles. The standard InChI is InChI=1S/C18H17N3O4/c1-19-16(22)8-9-20-17(23)18(24)21-11-6-7-13-12-4-2-3-5-14(12)25-15(13)10-11/h2-7,10H,8-9H2,1H3,(H,19,22)(H,20,23)(H,21,24). The van der Waals surface area contributed by atoms with Gasteiger partial charge in [0.25, 0.3) is 0 Å². The van der Waals surface area contributed by atoms with Crippen molar-refractivity contribution in [2.45, 2.75) is 6.42 Å². The van der Waals surface area contributed by atoms with Crippen LogP contribution in [0.4, 0.5) is 5.69 Å². The lowest BCUT2D eigenvalue weighted by Crippen LogP contribution is -2.37. The van der Waals surface area contributed by atoms with E-state index in [1.807, 2.05) is 30.3 Å². The fourth-order valence-corrected chi connectivity index (χ4v) is 2.49. The Hall–Kier alpha value is -3.35. The number of carbonyl (C=O) groups excluding carboxylic acids is 3. The highest BCUT2D eigenvalue weighted by molar-refractivity contribution is 6.39. The number of anilines is 1. The normalized spacial score (nSPS) is 10.6. The van der Waals surface area contributed by atoms with E-state index in [1.54, 1.807) is 12.1 Å². The van der Waals surface area contributed by atoms with Gasteiger partial charge in [-0.05, 0) is 18.2 Å². The largest absolute Gasteiger partial charge is 0.456 e. The van der Waals surface area contributed by atoms with Crippen molar-refractivity contribution in [2.24, 2.45) is 0 Å². The van der Waals surface area contributed by atoms with Gasteiger partial charge in [0.1, 0.15) is 11.2 Å². The number of amides is 3. The molecule has 3 aromatic rings. The van der Waals surface area contributed by atoms with E-state index in [2.05, 4.69) is 16.0 Å². The summed E-state index contributed by atoms with van der Waals surface area (Å²) in [7, 11) is 1.51. The zero-order chi connectivity index (χ0) is 17.8. The first-order valence-corrected chi connectivity index (χ1v) is 7.79. The number of fused-ring (bicyclic) bond motifs is 3. The van der Waals surface area contributed by atoms with Crippen molar-refractivity contribution in [2.75, 3.05) is 18.9 Å². The molecule has 0 unspecified atom stereocenters. The van der Waals surface area contributed by atoms with Gasteiger partial charge in [-0.3, -0.25) is 14.4 Å². The Labute approximate surface area is 143 Å². The summed E-state index contributed by atoms with van der Waals surface area (Å²) in [6.45, 7) is 0.0918. The molecule has 3 rings (SSSR count). The molecule has 25 heavy (non-hydrogen) atoms. The number of hydrogen-bond acceptors (Lipinski definition) is 4. The summed E-state index contributed by atoms with van der Waals surface area (Å²) < 4.78 is 5.74. The Morgan fingerprint density at radius 2 is 1.72 bits per heavy atom. The van der Waals surface area contributed by atoms with Gasteiger partial charge in [0, 0.05) is 42.5 Å². The Balaban J connectivity index is 1.67. The third-order valence-electron chi connectivity index (χ3n) is 3.76. The van der Waals surface area contributed by atoms with Crippen LogP contribution in [0.15, 0.2) is 46.9 Å². The molecule has 7 nitrogen and oxygen atoms in total. The van der Waals surface area contributed by atoms with Crippen LogP contribution in [0, 0.1) is 0 Å². The molecular formula is C18H17N3O4. The zero-order valence-corrected chi connectivity index (χ0v) is 13.6. The molecule has 128 valence electrons. The first-order chi connectivity index (χ1) is 12.1. The van der Waals surface area contributed by atoms with Gasteiger partial charge in [-0.1, -0.05) is 18.2 Å². The van der Waals surface area contributed by atoms with E-state index in [1.165, 1.54) is 7.05 Å².